The maximum atomic E-state index is 13.4. The van der Waals surface area contributed by atoms with Crippen molar-refractivity contribution in [2.75, 3.05) is 12.0 Å². The Hall–Kier alpha value is -4.04. The number of thiazole rings is 1. The van der Waals surface area contributed by atoms with Crippen LogP contribution in [0, 0.1) is 0 Å². The van der Waals surface area contributed by atoms with Gasteiger partial charge in [-0.2, -0.15) is 0 Å². The van der Waals surface area contributed by atoms with Crippen LogP contribution in [0.2, 0.25) is 0 Å². The number of nitrogens with zero attached hydrogens (tertiary/aromatic N) is 3. The van der Waals surface area contributed by atoms with Crippen LogP contribution in [-0.4, -0.2) is 33.9 Å². The van der Waals surface area contributed by atoms with E-state index in [4.69, 9.17) is 4.74 Å². The SMILES string of the molecule is COc1cccc(/C(O)=C2\C(=O)C(=O)N(c3nc4ccc(C(C)C)cc4s3)C2c2ccccn2)c1. The lowest BCUT2D eigenvalue weighted by Crippen LogP contribution is -2.29. The summed E-state index contributed by atoms with van der Waals surface area (Å²) < 4.78 is 6.18. The molecule has 0 radical (unpaired) electrons. The number of Topliss-reactive ketones (excluding diaryl/α,β-unsaturated/α-hetero) is 1. The number of ether oxygens (including phenoxy) is 1. The summed E-state index contributed by atoms with van der Waals surface area (Å²) in [6.07, 6.45) is 1.59. The van der Waals surface area contributed by atoms with Gasteiger partial charge in [0.2, 0.25) is 0 Å². The van der Waals surface area contributed by atoms with E-state index in [1.165, 1.54) is 23.3 Å². The normalized spacial score (nSPS) is 17.5. The summed E-state index contributed by atoms with van der Waals surface area (Å²) in [5.41, 5.74) is 2.69. The number of pyridine rings is 1. The standard InChI is InChI=1S/C27H23N3O4S/c1-15(2)16-10-11-19-21(14-16)35-27(29-19)30-23(20-9-4-5-12-28-20)22(25(32)26(30)33)24(31)17-7-6-8-18(13-17)34-3/h4-15,23,31H,1-3H3/b24-22+. The van der Waals surface area contributed by atoms with Crippen molar-refractivity contribution in [3.63, 3.8) is 0 Å². The number of amides is 1. The minimum atomic E-state index is -0.924. The molecule has 1 aliphatic heterocycles. The highest BCUT2D eigenvalue weighted by atomic mass is 32.1. The lowest BCUT2D eigenvalue weighted by molar-refractivity contribution is -0.132. The molecule has 0 spiro atoms. The zero-order valence-corrected chi connectivity index (χ0v) is 20.2. The maximum absolute atomic E-state index is 13.4. The molecule has 176 valence electrons. The number of aromatic nitrogens is 2. The highest BCUT2D eigenvalue weighted by Gasteiger charge is 2.48. The molecule has 8 heteroatoms. The number of hydrogen-bond acceptors (Lipinski definition) is 7. The van der Waals surface area contributed by atoms with Crippen molar-refractivity contribution in [3.05, 3.63) is 89.3 Å². The second-order valence-corrected chi connectivity index (χ2v) is 9.54. The molecule has 35 heavy (non-hydrogen) atoms. The van der Waals surface area contributed by atoms with Crippen LogP contribution in [0.15, 0.2) is 72.4 Å². The highest BCUT2D eigenvalue weighted by molar-refractivity contribution is 7.22. The quantitative estimate of drug-likeness (QED) is 0.230. The maximum Gasteiger partial charge on any atom is 0.301 e. The molecule has 1 amide bonds. The summed E-state index contributed by atoms with van der Waals surface area (Å²) in [6.45, 7) is 4.22. The third kappa shape index (κ3) is 3.95. The molecule has 1 aliphatic rings. The number of aliphatic hydroxyl groups is 1. The minimum Gasteiger partial charge on any atom is -0.507 e. The zero-order chi connectivity index (χ0) is 24.7. The molecule has 2 aromatic carbocycles. The first-order chi connectivity index (χ1) is 16.9. The summed E-state index contributed by atoms with van der Waals surface area (Å²) in [4.78, 5) is 37.1. The number of carbonyl (C=O) groups excluding carboxylic acids is 2. The average Bonchev–Trinajstić information content (AvgIpc) is 3.41. The van der Waals surface area contributed by atoms with Gasteiger partial charge in [-0.05, 0) is 47.9 Å². The van der Waals surface area contributed by atoms with Gasteiger partial charge < -0.3 is 9.84 Å². The molecule has 4 aromatic rings. The largest absolute Gasteiger partial charge is 0.507 e. The smallest absolute Gasteiger partial charge is 0.301 e. The Balaban J connectivity index is 1.70. The summed E-state index contributed by atoms with van der Waals surface area (Å²) >= 11 is 1.34. The Morgan fingerprint density at radius 1 is 1.09 bits per heavy atom. The summed E-state index contributed by atoms with van der Waals surface area (Å²) in [6, 6.07) is 17.1. The second-order valence-electron chi connectivity index (χ2n) is 8.53. The molecule has 3 heterocycles. The molecule has 1 fully saturated rings. The van der Waals surface area contributed by atoms with Gasteiger partial charge in [-0.15, -0.1) is 0 Å². The molecule has 0 bridgehead atoms. The Morgan fingerprint density at radius 3 is 2.63 bits per heavy atom. The van der Waals surface area contributed by atoms with E-state index in [1.54, 1.807) is 48.7 Å². The van der Waals surface area contributed by atoms with Crippen LogP contribution in [-0.2, 0) is 9.59 Å². The van der Waals surface area contributed by atoms with Crippen molar-refractivity contribution >= 4 is 44.1 Å². The Labute approximate surface area is 206 Å². The highest BCUT2D eigenvalue weighted by Crippen LogP contribution is 2.44. The van der Waals surface area contributed by atoms with Gasteiger partial charge in [0.25, 0.3) is 5.78 Å². The monoisotopic (exact) mass is 485 g/mol. The van der Waals surface area contributed by atoms with Gasteiger partial charge in [0, 0.05) is 11.8 Å². The molecule has 7 nitrogen and oxygen atoms in total. The number of aliphatic hydroxyl groups excluding tert-OH is 1. The molecule has 5 rings (SSSR count). The van der Waals surface area contributed by atoms with Crippen LogP contribution >= 0.6 is 11.3 Å². The number of methoxy groups -OCH3 is 1. The number of anilines is 1. The van der Waals surface area contributed by atoms with Gasteiger partial charge in [0.1, 0.15) is 17.6 Å². The van der Waals surface area contributed by atoms with Gasteiger partial charge in [-0.25, -0.2) is 4.98 Å². The number of benzene rings is 2. The Morgan fingerprint density at radius 2 is 1.91 bits per heavy atom. The fraction of sp³-hybridized carbons (Fsp3) is 0.185. The van der Waals surface area contributed by atoms with Gasteiger partial charge in [0.15, 0.2) is 5.13 Å². The third-order valence-electron chi connectivity index (χ3n) is 6.03. The van der Waals surface area contributed by atoms with Crippen LogP contribution in [0.3, 0.4) is 0 Å². The first kappa shape index (κ1) is 22.7. The van der Waals surface area contributed by atoms with Gasteiger partial charge in [-0.1, -0.05) is 49.4 Å². The zero-order valence-electron chi connectivity index (χ0n) is 19.4. The first-order valence-electron chi connectivity index (χ1n) is 11.2. The van der Waals surface area contributed by atoms with Crippen molar-refractivity contribution in [1.82, 2.24) is 9.97 Å². The van der Waals surface area contributed by atoms with E-state index >= 15 is 0 Å². The number of carbonyl (C=O) groups is 2. The average molecular weight is 486 g/mol. The number of hydrogen-bond donors (Lipinski definition) is 1. The predicted molar refractivity (Wildman–Crippen MR) is 136 cm³/mol. The third-order valence-corrected chi connectivity index (χ3v) is 7.05. The fourth-order valence-corrected chi connectivity index (χ4v) is 5.21. The van der Waals surface area contributed by atoms with Crippen LogP contribution in [0.5, 0.6) is 5.75 Å². The Kier molecular flexibility index (Phi) is 5.82. The minimum absolute atomic E-state index is 0.0379. The summed E-state index contributed by atoms with van der Waals surface area (Å²) in [5.74, 6) is -0.972. The van der Waals surface area contributed by atoms with Crippen molar-refractivity contribution in [2.24, 2.45) is 0 Å². The van der Waals surface area contributed by atoms with E-state index in [2.05, 4.69) is 29.9 Å². The van der Waals surface area contributed by atoms with E-state index in [0.29, 0.717) is 28.1 Å². The van der Waals surface area contributed by atoms with E-state index < -0.39 is 17.7 Å². The molecule has 2 aromatic heterocycles. The van der Waals surface area contributed by atoms with Crippen molar-refractivity contribution in [2.45, 2.75) is 25.8 Å². The molecule has 0 aliphatic carbocycles. The molecule has 1 N–H and O–H groups in total. The van der Waals surface area contributed by atoms with E-state index in [9.17, 15) is 14.7 Å². The van der Waals surface area contributed by atoms with Crippen molar-refractivity contribution in [1.29, 1.82) is 0 Å². The van der Waals surface area contributed by atoms with E-state index in [-0.39, 0.29) is 11.3 Å². The van der Waals surface area contributed by atoms with Crippen molar-refractivity contribution < 1.29 is 19.4 Å². The van der Waals surface area contributed by atoms with Gasteiger partial charge in [-0.3, -0.25) is 19.5 Å². The molecule has 1 atom stereocenters. The van der Waals surface area contributed by atoms with Crippen LogP contribution in [0.1, 0.15) is 42.6 Å². The van der Waals surface area contributed by atoms with Gasteiger partial charge >= 0.3 is 5.91 Å². The second kappa shape index (κ2) is 8.96. The summed E-state index contributed by atoms with van der Waals surface area (Å²) in [5, 5.41) is 11.6. The van der Waals surface area contributed by atoms with Crippen LogP contribution in [0.25, 0.3) is 16.0 Å². The van der Waals surface area contributed by atoms with Gasteiger partial charge in [0.05, 0.1) is 28.6 Å². The van der Waals surface area contributed by atoms with Crippen molar-refractivity contribution in [3.8, 4) is 5.75 Å². The lowest BCUT2D eigenvalue weighted by Gasteiger charge is -2.22. The molecule has 1 unspecified atom stereocenters. The fourth-order valence-electron chi connectivity index (χ4n) is 4.16. The number of ketones is 1. The molecule has 0 saturated carbocycles. The van der Waals surface area contributed by atoms with Crippen LogP contribution < -0.4 is 9.64 Å². The predicted octanol–water partition coefficient (Wildman–Crippen LogP) is 5.45. The van der Waals surface area contributed by atoms with Crippen LogP contribution in [0.4, 0.5) is 5.13 Å². The molecular weight excluding hydrogens is 462 g/mol. The molecular formula is C27H23N3O4S. The number of fused-ring (bicyclic) bond motifs is 1. The molecule has 1 saturated heterocycles. The van der Waals surface area contributed by atoms with E-state index in [1.807, 2.05) is 12.1 Å². The Bertz CT molecular complexity index is 1480. The summed E-state index contributed by atoms with van der Waals surface area (Å²) in [7, 11) is 1.52. The topological polar surface area (TPSA) is 92.6 Å². The number of rotatable bonds is 5. The lowest BCUT2D eigenvalue weighted by atomic mass is 9.98. The first-order valence-corrected chi connectivity index (χ1v) is 12.0. The van der Waals surface area contributed by atoms with E-state index in [0.717, 1.165) is 15.8 Å².